The minimum Gasteiger partial charge on any atom is -0.226 e. The molecule has 0 saturated carbocycles. The fraction of sp³-hybridized carbons (Fsp3) is 0. The Morgan fingerprint density at radius 2 is 2.00 bits per heavy atom. The molecular formula is C11H5BrCl2N4. The van der Waals surface area contributed by atoms with Gasteiger partial charge in [0.05, 0.1) is 22.3 Å². The Kier molecular flexibility index (Phi) is 2.97. The van der Waals surface area contributed by atoms with Gasteiger partial charge in [0.25, 0.3) is 0 Å². The molecule has 0 fully saturated rings. The minimum atomic E-state index is 0.178. The molecule has 0 saturated heterocycles. The van der Waals surface area contributed by atoms with Gasteiger partial charge in [-0.05, 0) is 29.8 Å². The summed E-state index contributed by atoms with van der Waals surface area (Å²) >= 11 is 15.4. The molecule has 0 radical (unpaired) electrons. The maximum Gasteiger partial charge on any atom is 0.224 e. The molecule has 3 aromatic rings. The average Bonchev–Trinajstić information content (AvgIpc) is 2.72. The van der Waals surface area contributed by atoms with Gasteiger partial charge in [-0.25, -0.2) is 9.67 Å². The highest BCUT2D eigenvalue weighted by Gasteiger charge is 2.10. The summed E-state index contributed by atoms with van der Waals surface area (Å²) in [5.41, 5.74) is 1.36. The number of rotatable bonds is 1. The zero-order chi connectivity index (χ0) is 12.7. The Labute approximate surface area is 121 Å². The first-order chi connectivity index (χ1) is 8.65. The summed E-state index contributed by atoms with van der Waals surface area (Å²) in [6.07, 6.45) is 3.30. The average molecular weight is 344 g/mol. The zero-order valence-corrected chi connectivity index (χ0v) is 11.9. The van der Waals surface area contributed by atoms with E-state index in [0.717, 1.165) is 15.5 Å². The molecule has 7 heteroatoms. The largest absolute Gasteiger partial charge is 0.226 e. The lowest BCUT2D eigenvalue weighted by molar-refractivity contribution is 0.895. The second kappa shape index (κ2) is 4.50. The van der Waals surface area contributed by atoms with E-state index in [9.17, 15) is 0 Å². The lowest BCUT2D eigenvalue weighted by Crippen LogP contribution is -1.99. The first-order valence-electron chi connectivity index (χ1n) is 4.97. The van der Waals surface area contributed by atoms with Crippen LogP contribution in [0.5, 0.6) is 0 Å². The Hall–Kier alpha value is -1.17. The monoisotopic (exact) mass is 342 g/mol. The highest BCUT2D eigenvalue weighted by atomic mass is 79.9. The van der Waals surface area contributed by atoms with Gasteiger partial charge < -0.3 is 0 Å². The van der Waals surface area contributed by atoms with E-state index in [-0.39, 0.29) is 5.28 Å². The first-order valence-corrected chi connectivity index (χ1v) is 6.52. The summed E-state index contributed by atoms with van der Waals surface area (Å²) in [6.45, 7) is 0. The topological polar surface area (TPSA) is 43.6 Å². The predicted octanol–water partition coefficient (Wildman–Crippen LogP) is 3.88. The van der Waals surface area contributed by atoms with Crippen molar-refractivity contribution in [2.75, 3.05) is 0 Å². The van der Waals surface area contributed by atoms with Crippen LogP contribution in [-0.4, -0.2) is 19.7 Å². The van der Waals surface area contributed by atoms with Crippen LogP contribution in [0.1, 0.15) is 0 Å². The Morgan fingerprint density at radius 3 is 2.78 bits per heavy atom. The minimum absolute atomic E-state index is 0.178. The third-order valence-electron chi connectivity index (χ3n) is 2.42. The lowest BCUT2D eigenvalue weighted by Gasteiger charge is -2.05. The SMILES string of the molecule is Clc1ncc2cnn(-c3ccc(Br)cc3Cl)c2n1. The first kappa shape index (κ1) is 11.9. The predicted molar refractivity (Wildman–Crippen MR) is 74.4 cm³/mol. The molecule has 18 heavy (non-hydrogen) atoms. The van der Waals surface area contributed by atoms with Gasteiger partial charge in [0, 0.05) is 10.7 Å². The summed E-state index contributed by atoms with van der Waals surface area (Å²) in [5.74, 6) is 0. The number of benzene rings is 1. The summed E-state index contributed by atoms with van der Waals surface area (Å²) in [4.78, 5) is 8.07. The normalized spacial score (nSPS) is 11.1. The van der Waals surface area contributed by atoms with Crippen molar-refractivity contribution in [3.8, 4) is 5.69 Å². The van der Waals surface area contributed by atoms with Crippen LogP contribution in [0.2, 0.25) is 10.3 Å². The van der Waals surface area contributed by atoms with Crippen molar-refractivity contribution < 1.29 is 0 Å². The van der Waals surface area contributed by atoms with E-state index >= 15 is 0 Å². The molecule has 0 amide bonds. The van der Waals surface area contributed by atoms with Gasteiger partial charge in [0.15, 0.2) is 5.65 Å². The third-order valence-corrected chi connectivity index (χ3v) is 3.40. The van der Waals surface area contributed by atoms with Crippen LogP contribution in [0.15, 0.2) is 35.1 Å². The van der Waals surface area contributed by atoms with Crippen molar-refractivity contribution in [2.45, 2.75) is 0 Å². The van der Waals surface area contributed by atoms with E-state index in [2.05, 4.69) is 31.0 Å². The molecule has 0 atom stereocenters. The third kappa shape index (κ3) is 1.98. The van der Waals surface area contributed by atoms with Crippen molar-refractivity contribution in [1.29, 1.82) is 0 Å². The standard InChI is InChI=1S/C11H5BrCl2N4/c12-7-1-2-9(8(13)3-7)18-10-6(5-16-18)4-15-11(14)17-10/h1-5H. The molecule has 0 N–H and O–H groups in total. The Bertz CT molecular complexity index is 741. The van der Waals surface area contributed by atoms with E-state index in [1.807, 2.05) is 12.1 Å². The van der Waals surface area contributed by atoms with Crippen molar-refractivity contribution in [1.82, 2.24) is 19.7 Å². The van der Waals surface area contributed by atoms with Crippen molar-refractivity contribution in [3.63, 3.8) is 0 Å². The summed E-state index contributed by atoms with van der Waals surface area (Å²) in [6, 6.07) is 5.54. The quantitative estimate of drug-likeness (QED) is 0.630. The van der Waals surface area contributed by atoms with Crippen molar-refractivity contribution in [2.24, 2.45) is 0 Å². The van der Waals surface area contributed by atoms with Crippen molar-refractivity contribution >= 4 is 50.2 Å². The Morgan fingerprint density at radius 1 is 1.17 bits per heavy atom. The number of hydrogen-bond donors (Lipinski definition) is 0. The van der Waals surface area contributed by atoms with Gasteiger partial charge in [0.1, 0.15) is 0 Å². The Balaban J connectivity index is 2.28. The molecule has 0 unspecified atom stereocenters. The van der Waals surface area contributed by atoms with Gasteiger partial charge in [0.2, 0.25) is 5.28 Å². The van der Waals surface area contributed by atoms with Gasteiger partial charge >= 0.3 is 0 Å². The molecule has 0 bridgehead atoms. The number of halogens is 3. The fourth-order valence-electron chi connectivity index (χ4n) is 1.63. The zero-order valence-electron chi connectivity index (χ0n) is 8.81. The van der Waals surface area contributed by atoms with Gasteiger partial charge in [-0.2, -0.15) is 10.1 Å². The number of nitrogens with zero attached hydrogens (tertiary/aromatic N) is 4. The van der Waals surface area contributed by atoms with Crippen LogP contribution in [0.25, 0.3) is 16.7 Å². The number of fused-ring (bicyclic) bond motifs is 1. The van der Waals surface area contributed by atoms with Crippen LogP contribution in [0.3, 0.4) is 0 Å². The second-order valence-corrected chi connectivity index (χ2v) is 5.23. The van der Waals surface area contributed by atoms with Crippen LogP contribution in [-0.2, 0) is 0 Å². The fourth-order valence-corrected chi connectivity index (χ4v) is 2.51. The molecule has 4 nitrogen and oxygen atoms in total. The maximum atomic E-state index is 6.19. The number of hydrogen-bond acceptors (Lipinski definition) is 3. The number of aromatic nitrogens is 4. The van der Waals surface area contributed by atoms with Crippen LogP contribution in [0, 0.1) is 0 Å². The molecule has 3 rings (SSSR count). The van der Waals surface area contributed by atoms with Gasteiger partial charge in [-0.15, -0.1) is 0 Å². The van der Waals surface area contributed by atoms with E-state index in [1.165, 1.54) is 0 Å². The van der Waals surface area contributed by atoms with Crippen LogP contribution < -0.4 is 0 Å². The van der Waals surface area contributed by atoms with E-state index in [1.54, 1.807) is 23.1 Å². The van der Waals surface area contributed by atoms with Gasteiger partial charge in [-0.3, -0.25) is 0 Å². The summed E-state index contributed by atoms with van der Waals surface area (Å²) < 4.78 is 2.54. The highest BCUT2D eigenvalue weighted by Crippen LogP contribution is 2.26. The van der Waals surface area contributed by atoms with E-state index in [4.69, 9.17) is 23.2 Å². The molecule has 90 valence electrons. The molecule has 0 spiro atoms. The van der Waals surface area contributed by atoms with E-state index < -0.39 is 0 Å². The lowest BCUT2D eigenvalue weighted by atomic mass is 10.3. The molecule has 0 aliphatic heterocycles. The molecule has 2 aromatic heterocycles. The van der Waals surface area contributed by atoms with Crippen LogP contribution in [0.4, 0.5) is 0 Å². The van der Waals surface area contributed by atoms with Crippen molar-refractivity contribution in [3.05, 3.63) is 45.4 Å². The summed E-state index contributed by atoms with van der Waals surface area (Å²) in [7, 11) is 0. The molecule has 0 aliphatic rings. The molecular weight excluding hydrogens is 339 g/mol. The maximum absolute atomic E-state index is 6.19. The molecule has 2 heterocycles. The molecule has 0 aliphatic carbocycles. The smallest absolute Gasteiger partial charge is 0.224 e. The molecule has 1 aromatic carbocycles. The van der Waals surface area contributed by atoms with Gasteiger partial charge in [-0.1, -0.05) is 27.5 Å². The van der Waals surface area contributed by atoms with E-state index in [0.29, 0.717) is 10.7 Å². The summed E-state index contributed by atoms with van der Waals surface area (Å²) in [5, 5.41) is 5.81. The second-order valence-electron chi connectivity index (χ2n) is 3.57. The highest BCUT2D eigenvalue weighted by molar-refractivity contribution is 9.10. The van der Waals surface area contributed by atoms with Crippen LogP contribution >= 0.6 is 39.1 Å².